The maximum Gasteiger partial charge on any atom is 0.410 e. The number of likely N-dealkylation sites (N-methyl/N-ethyl adjacent to an activating group) is 1. The molecule has 1 atom stereocenters. The molecule has 1 fully saturated rings. The molecule has 1 aromatic heterocycles. The zero-order chi connectivity index (χ0) is 29.2. The molecule has 0 unspecified atom stereocenters. The highest BCUT2D eigenvalue weighted by Crippen LogP contribution is 2.30. The molecule has 1 saturated heterocycles. The van der Waals surface area contributed by atoms with Crippen molar-refractivity contribution >= 4 is 31.0 Å². The van der Waals surface area contributed by atoms with E-state index in [0.29, 0.717) is 33.0 Å². The lowest BCUT2D eigenvalue weighted by atomic mass is 9.95. The quantitative estimate of drug-likeness (QED) is 0.346. The van der Waals surface area contributed by atoms with E-state index in [-0.39, 0.29) is 18.5 Å². The number of carbonyl (C=O) groups excluding carboxylic acids is 2. The molecule has 2 heterocycles. The average Bonchev–Trinajstić information content (AvgIpc) is 3.20. The second-order valence-electron chi connectivity index (χ2n) is 13.4. The zero-order valence-corrected chi connectivity index (χ0v) is 26.7. The first-order valence-electron chi connectivity index (χ1n) is 14.1. The summed E-state index contributed by atoms with van der Waals surface area (Å²) in [6.45, 7) is 23.9. The zero-order valence-electron chi connectivity index (χ0n) is 25.7. The van der Waals surface area contributed by atoms with Gasteiger partial charge in [0.05, 0.1) is 16.7 Å². The molecule has 2 aromatic rings. The van der Waals surface area contributed by atoms with E-state index in [4.69, 9.17) is 14.6 Å². The minimum absolute atomic E-state index is 0.128. The molecule has 0 radical (unpaired) electrons. The molecule has 1 aliphatic heterocycles. The van der Waals surface area contributed by atoms with Crippen LogP contribution in [-0.4, -0.2) is 84.1 Å². The van der Waals surface area contributed by atoms with Gasteiger partial charge in [-0.2, -0.15) is 5.10 Å². The van der Waals surface area contributed by atoms with Crippen LogP contribution in [0.1, 0.15) is 52.8 Å². The normalized spacial score (nSPS) is 17.5. The Morgan fingerprint density at radius 1 is 1.13 bits per heavy atom. The van der Waals surface area contributed by atoms with Gasteiger partial charge < -0.3 is 19.7 Å². The van der Waals surface area contributed by atoms with E-state index in [2.05, 4.69) is 48.9 Å². The van der Waals surface area contributed by atoms with Gasteiger partial charge in [0.25, 0.3) is 0 Å². The molecule has 9 nitrogen and oxygen atoms in total. The first-order chi connectivity index (χ1) is 18.0. The molecule has 39 heavy (non-hydrogen) atoms. The molecule has 0 aliphatic carbocycles. The number of rotatable bonds is 9. The van der Waals surface area contributed by atoms with Crippen LogP contribution < -0.4 is 5.32 Å². The van der Waals surface area contributed by atoms with Gasteiger partial charge in [-0.1, -0.05) is 44.8 Å². The fourth-order valence-corrected chi connectivity index (χ4v) is 5.65. The third-order valence-corrected chi connectivity index (χ3v) is 8.77. The standard InChI is InChI=1S/C29H49N5O4Si/c1-11-32-15-16-33(27(36)38-28(3,4)5)19-23(32)26(35)30-29(6,7)25-22-14-12-13-21(2)24(22)34(31-25)20-37-17-18-39(8,9)10/h12-14,23H,11,15-20H2,1-10H3,(H,30,35)/t23-/m0/s1. The Morgan fingerprint density at radius 2 is 1.82 bits per heavy atom. The topological polar surface area (TPSA) is 88.9 Å². The molecule has 2 amide bonds. The second-order valence-corrected chi connectivity index (χ2v) is 19.0. The fraction of sp³-hybridized carbons (Fsp3) is 0.690. The first kappa shape index (κ1) is 31.1. The maximum absolute atomic E-state index is 13.7. The molecule has 0 saturated carbocycles. The number of nitrogens with one attached hydrogen (secondary N) is 1. The lowest BCUT2D eigenvalue weighted by Crippen LogP contribution is -2.62. The van der Waals surface area contributed by atoms with Crippen LogP contribution in [0.3, 0.4) is 0 Å². The van der Waals surface area contributed by atoms with E-state index < -0.39 is 25.3 Å². The lowest BCUT2D eigenvalue weighted by molar-refractivity contribution is -0.130. The summed E-state index contributed by atoms with van der Waals surface area (Å²) in [5.74, 6) is -0.128. The average molecular weight is 560 g/mol. The summed E-state index contributed by atoms with van der Waals surface area (Å²) in [5.41, 5.74) is 1.59. The lowest BCUT2D eigenvalue weighted by Gasteiger charge is -2.41. The summed E-state index contributed by atoms with van der Waals surface area (Å²) in [4.78, 5) is 30.2. The third-order valence-electron chi connectivity index (χ3n) is 7.06. The molecule has 0 bridgehead atoms. The van der Waals surface area contributed by atoms with Crippen molar-refractivity contribution in [3.63, 3.8) is 0 Å². The maximum atomic E-state index is 13.7. The molecular weight excluding hydrogens is 510 g/mol. The van der Waals surface area contributed by atoms with Crippen LogP contribution in [0.25, 0.3) is 10.9 Å². The van der Waals surface area contributed by atoms with E-state index in [1.54, 1.807) is 4.90 Å². The smallest absolute Gasteiger partial charge is 0.410 e. The number of amides is 2. The highest BCUT2D eigenvalue weighted by molar-refractivity contribution is 6.76. The number of fused-ring (bicyclic) bond motifs is 1. The first-order valence-corrected chi connectivity index (χ1v) is 17.8. The molecule has 10 heteroatoms. The van der Waals surface area contributed by atoms with E-state index in [1.807, 2.05) is 52.3 Å². The van der Waals surface area contributed by atoms with Crippen LogP contribution in [0.2, 0.25) is 25.7 Å². The third kappa shape index (κ3) is 8.05. The Morgan fingerprint density at radius 3 is 2.44 bits per heavy atom. The van der Waals surface area contributed by atoms with E-state index in [9.17, 15) is 9.59 Å². The number of nitrogens with zero attached hydrogens (tertiary/aromatic N) is 4. The summed E-state index contributed by atoms with van der Waals surface area (Å²) < 4.78 is 13.5. The SMILES string of the molecule is CCN1CCN(C(=O)OC(C)(C)C)C[C@H]1C(=O)NC(C)(C)c1nn(COCC[Si](C)(C)C)c2c(C)cccc12. The van der Waals surface area contributed by atoms with Gasteiger partial charge in [-0.3, -0.25) is 9.69 Å². The predicted molar refractivity (Wildman–Crippen MR) is 159 cm³/mol. The van der Waals surface area contributed by atoms with Gasteiger partial charge >= 0.3 is 6.09 Å². The van der Waals surface area contributed by atoms with Gasteiger partial charge in [0.2, 0.25) is 5.91 Å². The van der Waals surface area contributed by atoms with Crippen LogP contribution in [0.15, 0.2) is 18.2 Å². The van der Waals surface area contributed by atoms with Crippen LogP contribution in [0.4, 0.5) is 4.79 Å². The van der Waals surface area contributed by atoms with Crippen LogP contribution >= 0.6 is 0 Å². The Bertz CT molecular complexity index is 1160. The molecule has 3 rings (SSSR count). The molecule has 1 N–H and O–H groups in total. The predicted octanol–water partition coefficient (Wildman–Crippen LogP) is 4.95. The monoisotopic (exact) mass is 559 g/mol. The van der Waals surface area contributed by atoms with Gasteiger partial charge in [0.1, 0.15) is 18.4 Å². The van der Waals surface area contributed by atoms with Crippen molar-refractivity contribution in [1.82, 2.24) is 24.9 Å². The van der Waals surface area contributed by atoms with Gasteiger partial charge in [-0.25, -0.2) is 9.48 Å². The minimum atomic E-state index is -1.19. The van der Waals surface area contributed by atoms with Crippen molar-refractivity contribution in [3.05, 3.63) is 29.5 Å². The largest absolute Gasteiger partial charge is 0.444 e. The van der Waals surface area contributed by atoms with E-state index >= 15 is 0 Å². The number of carbonyl (C=O) groups is 2. The van der Waals surface area contributed by atoms with Crippen LogP contribution in [0, 0.1) is 6.92 Å². The number of piperazine rings is 1. The summed E-state index contributed by atoms with van der Waals surface area (Å²) in [6, 6.07) is 6.77. The number of para-hydroxylation sites is 1. The van der Waals surface area contributed by atoms with Crippen molar-refractivity contribution in [2.45, 2.75) is 98.1 Å². The number of hydrogen-bond acceptors (Lipinski definition) is 6. The second kappa shape index (κ2) is 12.0. The summed E-state index contributed by atoms with van der Waals surface area (Å²) in [5, 5.41) is 9.22. The van der Waals surface area contributed by atoms with Crippen molar-refractivity contribution in [2.24, 2.45) is 0 Å². The van der Waals surface area contributed by atoms with Gasteiger partial charge in [0, 0.05) is 39.7 Å². The Hall–Kier alpha value is -2.43. The molecule has 0 spiro atoms. The summed E-state index contributed by atoms with van der Waals surface area (Å²) in [6.07, 6.45) is -0.385. The number of benzene rings is 1. The molecule has 1 aliphatic rings. The summed E-state index contributed by atoms with van der Waals surface area (Å²) >= 11 is 0. The number of hydrogen-bond donors (Lipinski definition) is 1. The number of aryl methyl sites for hydroxylation is 1. The van der Waals surface area contributed by atoms with Crippen molar-refractivity contribution in [1.29, 1.82) is 0 Å². The van der Waals surface area contributed by atoms with Crippen molar-refractivity contribution < 1.29 is 19.1 Å². The minimum Gasteiger partial charge on any atom is -0.444 e. The highest BCUT2D eigenvalue weighted by atomic mass is 28.3. The Kier molecular flexibility index (Phi) is 9.55. The van der Waals surface area contributed by atoms with Crippen LogP contribution in [0.5, 0.6) is 0 Å². The molecule has 1 aromatic carbocycles. The van der Waals surface area contributed by atoms with E-state index in [1.165, 1.54) is 0 Å². The van der Waals surface area contributed by atoms with Gasteiger partial charge in [-0.15, -0.1) is 0 Å². The fourth-order valence-electron chi connectivity index (χ4n) is 4.89. The van der Waals surface area contributed by atoms with Gasteiger partial charge in [0.15, 0.2) is 0 Å². The highest BCUT2D eigenvalue weighted by Gasteiger charge is 2.38. The van der Waals surface area contributed by atoms with Gasteiger partial charge in [-0.05, 0) is 59.7 Å². The van der Waals surface area contributed by atoms with E-state index in [0.717, 1.165) is 28.2 Å². The molecule has 218 valence electrons. The summed E-state index contributed by atoms with van der Waals surface area (Å²) in [7, 11) is -1.19. The molecular formula is C29H49N5O4Si. The number of aromatic nitrogens is 2. The Labute approximate surface area is 235 Å². The Balaban J connectivity index is 1.82. The van der Waals surface area contributed by atoms with Crippen molar-refractivity contribution in [2.75, 3.05) is 32.8 Å². The van der Waals surface area contributed by atoms with Crippen molar-refractivity contribution in [3.8, 4) is 0 Å². The van der Waals surface area contributed by atoms with Crippen LogP contribution in [-0.2, 0) is 26.5 Å². The number of ether oxygens (including phenoxy) is 2.